The van der Waals surface area contributed by atoms with E-state index in [1.165, 1.54) is 29.6 Å². The molecule has 0 spiro atoms. The largest absolute Gasteiger partial charge is 0.493 e. The van der Waals surface area contributed by atoms with Crippen LogP contribution in [-0.4, -0.2) is 25.8 Å². The van der Waals surface area contributed by atoms with Crippen LogP contribution in [0, 0.1) is 11.6 Å². The average molecular weight is 419 g/mol. The third kappa shape index (κ3) is 4.15. The molecule has 0 N–H and O–H groups in total. The van der Waals surface area contributed by atoms with Gasteiger partial charge in [-0.2, -0.15) is 0 Å². The molecule has 0 saturated carbocycles. The maximum atomic E-state index is 13.3. The Morgan fingerprint density at radius 1 is 1.03 bits per heavy atom. The second-order valence-corrected chi connectivity index (χ2v) is 9.56. The van der Waals surface area contributed by atoms with Gasteiger partial charge in [0.25, 0.3) is 0 Å². The fraction of sp³-hybridized carbons (Fsp3) is 0.364. The van der Waals surface area contributed by atoms with Gasteiger partial charge in [-0.1, -0.05) is 0 Å². The minimum Gasteiger partial charge on any atom is -0.493 e. The summed E-state index contributed by atoms with van der Waals surface area (Å²) in [4.78, 5) is 0.340. The lowest BCUT2D eigenvalue weighted by Gasteiger charge is -2.16. The number of sulfone groups is 1. The summed E-state index contributed by atoms with van der Waals surface area (Å²) in [6, 6.07) is 8.48. The quantitative estimate of drug-likeness (QED) is 0.546. The number of aromatic nitrogens is 1. The van der Waals surface area contributed by atoms with E-state index in [4.69, 9.17) is 4.74 Å². The predicted octanol–water partition coefficient (Wildman–Crippen LogP) is 4.67. The normalized spacial score (nSPS) is 14.2. The van der Waals surface area contributed by atoms with Crippen LogP contribution in [0.2, 0.25) is 0 Å². The highest BCUT2D eigenvalue weighted by atomic mass is 32.2. The van der Waals surface area contributed by atoms with Gasteiger partial charge in [0, 0.05) is 47.6 Å². The van der Waals surface area contributed by atoms with Gasteiger partial charge in [-0.25, -0.2) is 17.2 Å². The summed E-state index contributed by atoms with van der Waals surface area (Å²) in [6.45, 7) is 1.03. The number of fused-ring (bicyclic) bond motifs is 3. The monoisotopic (exact) mass is 419 g/mol. The van der Waals surface area contributed by atoms with Crippen molar-refractivity contribution >= 4 is 20.7 Å². The zero-order valence-corrected chi connectivity index (χ0v) is 17.1. The number of aryl methyl sites for hydroxylation is 2. The first kappa shape index (κ1) is 19.9. The Morgan fingerprint density at radius 2 is 1.76 bits per heavy atom. The molecule has 4 rings (SSSR count). The smallest absolute Gasteiger partial charge is 0.175 e. The van der Waals surface area contributed by atoms with E-state index in [1.807, 2.05) is 6.07 Å². The van der Waals surface area contributed by atoms with Gasteiger partial charge in [0.15, 0.2) is 9.84 Å². The molecule has 0 saturated heterocycles. The minimum absolute atomic E-state index is 0.180. The highest BCUT2D eigenvalue weighted by Gasteiger charge is 2.21. The van der Waals surface area contributed by atoms with Crippen LogP contribution in [0.15, 0.2) is 41.3 Å². The zero-order valence-electron chi connectivity index (χ0n) is 16.2. The SMILES string of the molecule is CS(=O)(=O)c1ccc2c(c1)c1c(n2CCCOc2cc(F)cc(F)c2)CCCC1. The molecule has 0 unspecified atom stereocenters. The Balaban J connectivity index is 1.56. The third-order valence-electron chi connectivity index (χ3n) is 5.41. The van der Waals surface area contributed by atoms with Crippen molar-refractivity contribution in [2.75, 3.05) is 12.9 Å². The second-order valence-electron chi connectivity index (χ2n) is 7.54. The van der Waals surface area contributed by atoms with Crippen LogP contribution >= 0.6 is 0 Å². The molecular formula is C22H23F2NO3S. The molecule has 0 fully saturated rings. The van der Waals surface area contributed by atoms with E-state index in [9.17, 15) is 17.2 Å². The molecule has 0 aliphatic heterocycles. The Morgan fingerprint density at radius 3 is 2.48 bits per heavy atom. The summed E-state index contributed by atoms with van der Waals surface area (Å²) < 4.78 is 58.2. The second kappa shape index (κ2) is 7.78. The van der Waals surface area contributed by atoms with E-state index in [-0.39, 0.29) is 5.75 Å². The molecule has 154 valence electrons. The molecule has 0 radical (unpaired) electrons. The van der Waals surface area contributed by atoms with Gasteiger partial charge in [0.05, 0.1) is 11.5 Å². The van der Waals surface area contributed by atoms with Crippen LogP contribution in [0.4, 0.5) is 8.78 Å². The molecule has 29 heavy (non-hydrogen) atoms. The maximum absolute atomic E-state index is 13.3. The van der Waals surface area contributed by atoms with Crippen molar-refractivity contribution in [3.8, 4) is 5.75 Å². The number of hydrogen-bond acceptors (Lipinski definition) is 3. The number of ether oxygens (including phenoxy) is 1. The lowest BCUT2D eigenvalue weighted by atomic mass is 9.95. The molecule has 0 atom stereocenters. The number of nitrogens with zero attached hydrogens (tertiary/aromatic N) is 1. The molecule has 4 nitrogen and oxygen atoms in total. The van der Waals surface area contributed by atoms with Crippen LogP contribution in [0.25, 0.3) is 10.9 Å². The van der Waals surface area contributed by atoms with Gasteiger partial charge >= 0.3 is 0 Å². The summed E-state index contributed by atoms with van der Waals surface area (Å²) >= 11 is 0. The van der Waals surface area contributed by atoms with Gasteiger partial charge in [-0.05, 0) is 55.9 Å². The summed E-state index contributed by atoms with van der Waals surface area (Å²) in [6.07, 6.45) is 6.02. The van der Waals surface area contributed by atoms with Crippen LogP contribution in [-0.2, 0) is 29.2 Å². The van der Waals surface area contributed by atoms with Gasteiger partial charge < -0.3 is 9.30 Å². The van der Waals surface area contributed by atoms with E-state index in [0.717, 1.165) is 42.7 Å². The van der Waals surface area contributed by atoms with Gasteiger partial charge in [-0.3, -0.25) is 0 Å². The van der Waals surface area contributed by atoms with Crippen molar-refractivity contribution in [2.45, 2.75) is 43.5 Å². The van der Waals surface area contributed by atoms with Crippen molar-refractivity contribution < 1.29 is 21.9 Å². The first-order chi connectivity index (χ1) is 13.8. The zero-order chi connectivity index (χ0) is 20.6. The van der Waals surface area contributed by atoms with Crippen LogP contribution in [0.3, 0.4) is 0 Å². The first-order valence-corrected chi connectivity index (χ1v) is 11.6. The predicted molar refractivity (Wildman–Crippen MR) is 108 cm³/mol. The van der Waals surface area contributed by atoms with Crippen LogP contribution in [0.5, 0.6) is 5.75 Å². The molecule has 7 heteroatoms. The third-order valence-corrected chi connectivity index (χ3v) is 6.52. The van der Waals surface area contributed by atoms with Gasteiger partial charge in [-0.15, -0.1) is 0 Å². The van der Waals surface area contributed by atoms with E-state index in [1.54, 1.807) is 12.1 Å². The lowest BCUT2D eigenvalue weighted by molar-refractivity contribution is 0.298. The Kier molecular flexibility index (Phi) is 5.34. The fourth-order valence-corrected chi connectivity index (χ4v) is 4.77. The summed E-state index contributed by atoms with van der Waals surface area (Å²) in [5.41, 5.74) is 3.53. The van der Waals surface area contributed by atoms with E-state index >= 15 is 0 Å². The van der Waals surface area contributed by atoms with Crippen molar-refractivity contribution in [3.63, 3.8) is 0 Å². The number of hydrogen-bond donors (Lipinski definition) is 0. The Hall–Kier alpha value is -2.41. The number of halogens is 2. The van der Waals surface area contributed by atoms with Crippen molar-refractivity contribution in [2.24, 2.45) is 0 Å². The van der Waals surface area contributed by atoms with Crippen LogP contribution in [0.1, 0.15) is 30.5 Å². The van der Waals surface area contributed by atoms with Gasteiger partial charge in [0.2, 0.25) is 0 Å². The highest BCUT2D eigenvalue weighted by Crippen LogP contribution is 2.34. The summed E-state index contributed by atoms with van der Waals surface area (Å²) in [5, 5.41) is 1.01. The van der Waals surface area contributed by atoms with Crippen molar-refractivity contribution in [3.05, 3.63) is 59.3 Å². The highest BCUT2D eigenvalue weighted by molar-refractivity contribution is 7.90. The van der Waals surface area contributed by atoms with Crippen LogP contribution < -0.4 is 4.74 Å². The standard InChI is InChI=1S/C22H23F2NO3S/c1-29(26,27)18-7-8-22-20(14-18)19-5-2-3-6-21(19)25(22)9-4-10-28-17-12-15(23)11-16(24)13-17/h7-8,11-14H,2-6,9-10H2,1H3. The maximum Gasteiger partial charge on any atom is 0.175 e. The lowest BCUT2D eigenvalue weighted by Crippen LogP contribution is -2.10. The van der Waals surface area contributed by atoms with E-state index in [0.29, 0.717) is 24.5 Å². The van der Waals surface area contributed by atoms with E-state index < -0.39 is 21.5 Å². The Labute approximate surface area is 169 Å². The topological polar surface area (TPSA) is 48.3 Å². The molecule has 0 amide bonds. The minimum atomic E-state index is -3.26. The first-order valence-electron chi connectivity index (χ1n) is 9.76. The Bertz CT molecular complexity index is 1150. The molecule has 1 aromatic heterocycles. The molecule has 1 heterocycles. The molecule has 0 bridgehead atoms. The number of rotatable bonds is 6. The summed E-state index contributed by atoms with van der Waals surface area (Å²) in [5.74, 6) is -1.14. The van der Waals surface area contributed by atoms with Gasteiger partial charge in [0.1, 0.15) is 17.4 Å². The summed E-state index contributed by atoms with van der Waals surface area (Å²) in [7, 11) is -3.26. The van der Waals surface area contributed by atoms with E-state index in [2.05, 4.69) is 4.57 Å². The fourth-order valence-electron chi connectivity index (χ4n) is 4.13. The molecule has 2 aromatic carbocycles. The molecule has 1 aliphatic carbocycles. The molecule has 3 aromatic rings. The molecule has 1 aliphatic rings. The average Bonchev–Trinajstić information content (AvgIpc) is 2.97. The number of benzene rings is 2. The molecular weight excluding hydrogens is 396 g/mol. The van der Waals surface area contributed by atoms with Crippen molar-refractivity contribution in [1.29, 1.82) is 0 Å². The van der Waals surface area contributed by atoms with Crippen molar-refractivity contribution in [1.82, 2.24) is 4.57 Å².